The minimum atomic E-state index is -1.36. The summed E-state index contributed by atoms with van der Waals surface area (Å²) in [6, 6.07) is 2.98. The number of rotatable bonds is 4. The van der Waals surface area contributed by atoms with Crippen LogP contribution in [0.5, 0.6) is 0 Å². The van der Waals surface area contributed by atoms with E-state index in [-0.39, 0.29) is 12.2 Å². The lowest BCUT2D eigenvalue weighted by Crippen LogP contribution is -2.35. The SMILES string of the molecule is CCC(C(=O)[O-])C(=O)c1ccco1. The molecule has 1 heterocycles. The molecule has 0 aliphatic rings. The molecular formula is C9H9O4-. The van der Waals surface area contributed by atoms with E-state index < -0.39 is 17.7 Å². The molecule has 0 aromatic carbocycles. The first-order valence-corrected chi connectivity index (χ1v) is 3.95. The molecule has 1 aromatic heterocycles. The van der Waals surface area contributed by atoms with Gasteiger partial charge in [0, 0.05) is 0 Å². The molecule has 1 rings (SSSR count). The number of hydrogen-bond acceptors (Lipinski definition) is 4. The molecule has 1 unspecified atom stereocenters. The third kappa shape index (κ3) is 1.96. The number of ketones is 1. The van der Waals surface area contributed by atoms with Crippen LogP contribution in [0.2, 0.25) is 0 Å². The topological polar surface area (TPSA) is 70.3 Å². The predicted molar refractivity (Wildman–Crippen MR) is 41.8 cm³/mol. The molecular weight excluding hydrogens is 172 g/mol. The third-order valence-corrected chi connectivity index (χ3v) is 1.77. The average Bonchev–Trinajstić information content (AvgIpc) is 2.56. The van der Waals surface area contributed by atoms with Gasteiger partial charge in [0.15, 0.2) is 5.76 Å². The fraction of sp³-hybridized carbons (Fsp3) is 0.333. The summed E-state index contributed by atoms with van der Waals surface area (Å²) in [5, 5.41) is 10.5. The van der Waals surface area contributed by atoms with E-state index >= 15 is 0 Å². The Morgan fingerprint density at radius 2 is 2.31 bits per heavy atom. The molecule has 4 heteroatoms. The summed E-state index contributed by atoms with van der Waals surface area (Å²) >= 11 is 0. The van der Waals surface area contributed by atoms with Crippen molar-refractivity contribution in [1.29, 1.82) is 0 Å². The van der Waals surface area contributed by atoms with Gasteiger partial charge in [-0.3, -0.25) is 4.79 Å². The zero-order valence-corrected chi connectivity index (χ0v) is 7.15. The first-order chi connectivity index (χ1) is 6.16. The maximum atomic E-state index is 11.4. The lowest BCUT2D eigenvalue weighted by Gasteiger charge is -2.12. The highest BCUT2D eigenvalue weighted by atomic mass is 16.4. The van der Waals surface area contributed by atoms with Crippen LogP contribution in [0.1, 0.15) is 23.9 Å². The molecule has 1 atom stereocenters. The molecule has 0 fully saturated rings. The van der Waals surface area contributed by atoms with E-state index in [9.17, 15) is 14.7 Å². The van der Waals surface area contributed by atoms with Crippen LogP contribution in [0.25, 0.3) is 0 Å². The van der Waals surface area contributed by atoms with Crippen LogP contribution in [0, 0.1) is 5.92 Å². The largest absolute Gasteiger partial charge is 0.549 e. The van der Waals surface area contributed by atoms with Crippen molar-refractivity contribution in [2.24, 2.45) is 5.92 Å². The normalized spacial score (nSPS) is 12.4. The van der Waals surface area contributed by atoms with Crippen molar-refractivity contribution in [3.8, 4) is 0 Å². The zero-order chi connectivity index (χ0) is 9.84. The van der Waals surface area contributed by atoms with Crippen molar-refractivity contribution in [3.63, 3.8) is 0 Å². The number of Topliss-reactive ketones (excluding diaryl/α,β-unsaturated/α-hetero) is 1. The van der Waals surface area contributed by atoms with Crippen molar-refractivity contribution < 1.29 is 19.1 Å². The number of furan rings is 1. The van der Waals surface area contributed by atoms with Crippen LogP contribution in [0.3, 0.4) is 0 Å². The van der Waals surface area contributed by atoms with Gasteiger partial charge in [0.1, 0.15) is 0 Å². The van der Waals surface area contributed by atoms with Gasteiger partial charge >= 0.3 is 0 Å². The molecule has 0 N–H and O–H groups in total. The van der Waals surface area contributed by atoms with E-state index in [4.69, 9.17) is 4.42 Å². The van der Waals surface area contributed by atoms with E-state index in [1.807, 2.05) is 0 Å². The van der Waals surface area contributed by atoms with Gasteiger partial charge in [-0.05, 0) is 18.6 Å². The van der Waals surface area contributed by atoms with Gasteiger partial charge in [-0.2, -0.15) is 0 Å². The van der Waals surface area contributed by atoms with Crippen molar-refractivity contribution in [2.45, 2.75) is 13.3 Å². The number of carbonyl (C=O) groups excluding carboxylic acids is 2. The summed E-state index contributed by atoms with van der Waals surface area (Å²) < 4.78 is 4.79. The number of carboxylic acid groups (broad SMARTS) is 1. The van der Waals surface area contributed by atoms with Gasteiger partial charge in [0.25, 0.3) is 0 Å². The Morgan fingerprint density at radius 3 is 2.69 bits per heavy atom. The van der Waals surface area contributed by atoms with Gasteiger partial charge in [-0.15, -0.1) is 0 Å². The number of carboxylic acids is 1. The highest BCUT2D eigenvalue weighted by Crippen LogP contribution is 2.11. The smallest absolute Gasteiger partial charge is 0.206 e. The Bertz CT molecular complexity index is 299. The van der Waals surface area contributed by atoms with Gasteiger partial charge in [-0.1, -0.05) is 6.92 Å². The predicted octanol–water partition coefficient (Wildman–Crippen LogP) is 0.238. The summed E-state index contributed by atoms with van der Waals surface area (Å²) in [5.74, 6) is -2.93. The molecule has 70 valence electrons. The Morgan fingerprint density at radius 1 is 1.62 bits per heavy atom. The van der Waals surface area contributed by atoms with Crippen LogP contribution in [0.15, 0.2) is 22.8 Å². The van der Waals surface area contributed by atoms with Crippen molar-refractivity contribution >= 4 is 11.8 Å². The van der Waals surface area contributed by atoms with Crippen LogP contribution in [-0.2, 0) is 4.79 Å². The molecule has 13 heavy (non-hydrogen) atoms. The van der Waals surface area contributed by atoms with Crippen molar-refractivity contribution in [3.05, 3.63) is 24.2 Å². The molecule has 0 radical (unpaired) electrons. The van der Waals surface area contributed by atoms with E-state index in [0.717, 1.165) is 0 Å². The minimum Gasteiger partial charge on any atom is -0.549 e. The maximum absolute atomic E-state index is 11.4. The van der Waals surface area contributed by atoms with E-state index in [1.54, 1.807) is 6.92 Å². The second kappa shape index (κ2) is 3.89. The first kappa shape index (κ1) is 9.51. The summed E-state index contributed by atoms with van der Waals surface area (Å²) in [7, 11) is 0. The fourth-order valence-corrected chi connectivity index (χ4v) is 1.05. The standard InChI is InChI=1S/C9H10O4/c1-2-6(9(11)12)8(10)7-4-3-5-13-7/h3-6H,2H2,1H3,(H,11,12)/p-1. The van der Waals surface area contributed by atoms with Crippen LogP contribution in [-0.4, -0.2) is 11.8 Å². The molecule has 0 bridgehead atoms. The summed E-state index contributed by atoms with van der Waals surface area (Å²) in [6.07, 6.45) is 1.54. The number of hydrogen-bond donors (Lipinski definition) is 0. The Balaban J connectivity index is 2.83. The summed E-state index contributed by atoms with van der Waals surface area (Å²) in [5.41, 5.74) is 0. The first-order valence-electron chi connectivity index (χ1n) is 3.95. The second-order valence-corrected chi connectivity index (χ2v) is 2.62. The van der Waals surface area contributed by atoms with Crippen LogP contribution >= 0.6 is 0 Å². The second-order valence-electron chi connectivity index (χ2n) is 2.62. The lowest BCUT2D eigenvalue weighted by atomic mass is 10.00. The van der Waals surface area contributed by atoms with E-state index in [0.29, 0.717) is 0 Å². The molecule has 4 nitrogen and oxygen atoms in total. The number of carbonyl (C=O) groups is 2. The average molecular weight is 181 g/mol. The molecule has 0 aliphatic carbocycles. The summed E-state index contributed by atoms with van der Waals surface area (Å²) in [6.45, 7) is 1.61. The highest BCUT2D eigenvalue weighted by molar-refractivity contribution is 6.05. The van der Waals surface area contributed by atoms with Gasteiger partial charge in [0.05, 0.1) is 18.2 Å². The maximum Gasteiger partial charge on any atom is 0.206 e. The quantitative estimate of drug-likeness (QED) is 0.492. The van der Waals surface area contributed by atoms with Gasteiger partial charge in [0.2, 0.25) is 5.78 Å². The molecule has 1 aromatic rings. The van der Waals surface area contributed by atoms with Crippen LogP contribution < -0.4 is 5.11 Å². The number of aliphatic carboxylic acids is 1. The molecule has 0 amide bonds. The third-order valence-electron chi connectivity index (χ3n) is 1.77. The lowest BCUT2D eigenvalue weighted by molar-refractivity contribution is -0.309. The van der Waals surface area contributed by atoms with Gasteiger partial charge < -0.3 is 14.3 Å². The summed E-state index contributed by atoms with van der Waals surface area (Å²) in [4.78, 5) is 21.9. The van der Waals surface area contributed by atoms with Crippen LogP contribution in [0.4, 0.5) is 0 Å². The zero-order valence-electron chi connectivity index (χ0n) is 7.15. The van der Waals surface area contributed by atoms with Gasteiger partial charge in [-0.25, -0.2) is 0 Å². The van der Waals surface area contributed by atoms with Crippen molar-refractivity contribution in [1.82, 2.24) is 0 Å². The monoisotopic (exact) mass is 181 g/mol. The molecule has 0 saturated carbocycles. The van der Waals surface area contributed by atoms with E-state index in [2.05, 4.69) is 0 Å². The van der Waals surface area contributed by atoms with Crippen molar-refractivity contribution in [2.75, 3.05) is 0 Å². The molecule has 0 saturated heterocycles. The molecule has 0 spiro atoms. The Labute approximate surface area is 75.2 Å². The minimum absolute atomic E-state index is 0.0658. The Kier molecular flexibility index (Phi) is 2.84. The molecule has 0 aliphatic heterocycles. The van der Waals surface area contributed by atoms with E-state index in [1.165, 1.54) is 18.4 Å². The highest BCUT2D eigenvalue weighted by Gasteiger charge is 2.21. The Hall–Kier alpha value is -1.58. The fourth-order valence-electron chi connectivity index (χ4n) is 1.05.